The molecule has 0 rings (SSSR count). The summed E-state index contributed by atoms with van der Waals surface area (Å²) >= 11 is 0. The van der Waals surface area contributed by atoms with Gasteiger partial charge in [0.05, 0.1) is 0 Å². The Balaban J connectivity index is -0.00000000762. The van der Waals surface area contributed by atoms with Crippen LogP contribution in [-0.4, -0.2) is 158 Å². The van der Waals surface area contributed by atoms with Crippen molar-refractivity contribution in [1.29, 1.82) is 0 Å². The molecule has 0 radical (unpaired) electrons. The molecule has 96 valence electrons. The summed E-state index contributed by atoms with van der Waals surface area (Å²) in [4.78, 5) is 51.3. The van der Waals surface area contributed by atoms with Gasteiger partial charge in [0.2, 0.25) is 0 Å². The van der Waals surface area contributed by atoms with Gasteiger partial charge < -0.3 is 60.4 Å². The molecule has 0 bridgehead atoms. The van der Waals surface area contributed by atoms with Crippen molar-refractivity contribution < 1.29 is 60.4 Å². The topological polar surface area (TPSA) is 298 Å². The summed E-state index contributed by atoms with van der Waals surface area (Å²) in [5.41, 5.74) is 0. The molecule has 0 unspecified atom stereocenters. The van der Waals surface area contributed by atoms with Gasteiger partial charge in [-0.05, 0) is 0 Å². The van der Waals surface area contributed by atoms with E-state index in [1.165, 1.54) is 0 Å². The van der Waals surface area contributed by atoms with Crippen molar-refractivity contribution in [1.82, 2.24) is 0 Å². The monoisotopic (exact) mass is 526 g/mol. The van der Waals surface area contributed by atoms with Gasteiger partial charge in [0.1, 0.15) is 0 Å². The van der Waals surface area contributed by atoms with Crippen molar-refractivity contribution in [2.24, 2.45) is 0 Å². The van der Waals surface area contributed by atoms with Crippen molar-refractivity contribution >= 4 is 152 Å². The Morgan fingerprint density at radius 1 is 0.471 bits per heavy atom. The Hall–Kier alpha value is 4.50. The summed E-state index contributed by atoms with van der Waals surface area (Å²) in [5.74, 6) is 0. The molecule has 0 spiro atoms. The molecule has 0 heterocycles. The van der Waals surface area contributed by atoms with Crippen LogP contribution in [-0.2, 0) is 9.13 Å². The molecule has 17 heteroatoms. The van der Waals surface area contributed by atoms with Crippen LogP contribution in [0, 0.1) is 0 Å². The maximum absolute atomic E-state index is 8.55. The van der Waals surface area contributed by atoms with Crippen LogP contribution in [0.1, 0.15) is 0 Å². The van der Waals surface area contributed by atoms with E-state index in [-0.39, 0.29) is 158 Å². The van der Waals surface area contributed by atoms with Crippen LogP contribution in [0.4, 0.5) is 0 Å². The Labute approximate surface area is 207 Å². The van der Waals surface area contributed by atoms with Crippen LogP contribution in [0.15, 0.2) is 0 Å². The van der Waals surface area contributed by atoms with Crippen LogP contribution in [0.25, 0.3) is 0 Å². The summed E-state index contributed by atoms with van der Waals surface area (Å²) < 4.78 is 17.1. The maximum atomic E-state index is 8.55. The minimum absolute atomic E-state index is 0. The molecule has 0 aliphatic carbocycles. The van der Waals surface area contributed by atoms with Gasteiger partial charge in [0, 0.05) is 0 Å². The first kappa shape index (κ1) is 57.8. The van der Waals surface area contributed by atoms with Crippen molar-refractivity contribution in [3.8, 4) is 0 Å². The summed E-state index contributed by atoms with van der Waals surface area (Å²) in [6.45, 7) is 0. The maximum Gasteiger partial charge on any atom is 2.00 e. The quantitative estimate of drug-likeness (QED) is 0.215. The summed E-state index contributed by atoms with van der Waals surface area (Å²) in [7, 11) is -10.8. The fraction of sp³-hybridized carbons (Fsp3) is 0. The molecule has 0 amide bonds. The molecule has 17 heavy (non-hydrogen) atoms. The van der Waals surface area contributed by atoms with E-state index in [1.54, 1.807) is 0 Å². The number of phosphoric acid groups is 2. The molecular weight excluding hydrogens is 517 g/mol. The summed E-state index contributed by atoms with van der Waals surface area (Å²) in [6.07, 6.45) is 0. The van der Waals surface area contributed by atoms with E-state index in [0.29, 0.717) is 0 Å². The standard InChI is InChI=1S/2H3O4P.4H2O.3Sr/c2*1-5(2,3)4;;;;;;;/h2*(H3,1,2,3,4);4*1H2;;;/q;;;;;;3*+2/p-6. The average molecular weight is 525 g/mol. The average Bonchev–Trinajstić information content (AvgIpc) is 1.12. The summed E-state index contributed by atoms with van der Waals surface area (Å²) in [6, 6.07) is 0. The first-order chi connectivity index (χ1) is 4.00. The minimum atomic E-state index is -5.39. The van der Waals surface area contributed by atoms with Crippen LogP contribution in [0.3, 0.4) is 0 Å². The fourth-order valence-electron chi connectivity index (χ4n) is 0. The van der Waals surface area contributed by atoms with E-state index in [2.05, 4.69) is 0 Å². The predicted molar refractivity (Wildman–Crippen MR) is 46.9 cm³/mol. The molecule has 12 nitrogen and oxygen atoms in total. The molecule has 8 N–H and O–H groups in total. The third kappa shape index (κ3) is 346. The molecule has 0 atom stereocenters. The minimum Gasteiger partial charge on any atom is -0.822 e. The molecule has 0 aliphatic rings. The first-order valence-corrected chi connectivity index (χ1v) is 4.38. The number of hydrogen-bond acceptors (Lipinski definition) is 8. The third-order valence-corrected chi connectivity index (χ3v) is 0. The zero-order valence-electron chi connectivity index (χ0n) is 8.28. The molecule has 0 saturated carbocycles. The van der Waals surface area contributed by atoms with Gasteiger partial charge in [-0.15, -0.1) is 0 Å². The largest absolute Gasteiger partial charge is 2.00 e. The molecule has 0 aliphatic heterocycles. The van der Waals surface area contributed by atoms with Crippen LogP contribution in [0.5, 0.6) is 0 Å². The van der Waals surface area contributed by atoms with Gasteiger partial charge in [-0.3, -0.25) is 0 Å². The van der Waals surface area contributed by atoms with Gasteiger partial charge in [-0.25, -0.2) is 0 Å². The van der Waals surface area contributed by atoms with E-state index in [1.807, 2.05) is 0 Å². The van der Waals surface area contributed by atoms with E-state index in [0.717, 1.165) is 0 Å². The Morgan fingerprint density at radius 2 is 0.471 bits per heavy atom. The smallest absolute Gasteiger partial charge is 0.822 e. The Kier molecular flexibility index (Phi) is 97.4. The van der Waals surface area contributed by atoms with Gasteiger partial charge in [0.25, 0.3) is 0 Å². The van der Waals surface area contributed by atoms with Crippen LogP contribution in [0.2, 0.25) is 0 Å². The van der Waals surface area contributed by atoms with E-state index in [9.17, 15) is 0 Å². The van der Waals surface area contributed by atoms with Crippen molar-refractivity contribution in [3.63, 3.8) is 0 Å². The number of hydrogen-bond donors (Lipinski definition) is 0. The number of rotatable bonds is 0. The molecule has 0 aromatic heterocycles. The fourth-order valence-corrected chi connectivity index (χ4v) is 0. The van der Waals surface area contributed by atoms with Gasteiger partial charge in [-0.2, -0.15) is 15.6 Å². The van der Waals surface area contributed by atoms with Crippen LogP contribution >= 0.6 is 15.6 Å². The second kappa shape index (κ2) is 28.6. The zero-order valence-corrected chi connectivity index (χ0v) is 20.5. The van der Waals surface area contributed by atoms with Crippen molar-refractivity contribution in [2.75, 3.05) is 0 Å². The van der Waals surface area contributed by atoms with Gasteiger partial charge in [-0.1, -0.05) is 0 Å². The Morgan fingerprint density at radius 3 is 0.471 bits per heavy atom. The first-order valence-electron chi connectivity index (χ1n) is 1.46. The van der Waals surface area contributed by atoms with E-state index < -0.39 is 15.6 Å². The predicted octanol–water partition coefficient (Wildman–Crippen LogP) is -10.1. The molecule has 0 aromatic carbocycles. The SMILES string of the molecule is O.O.O.O.O=P([O-])([O-])[O-].O=P([O-])([O-])[O-].[Sr+2].[Sr+2].[Sr+2]. The van der Waals surface area contributed by atoms with Crippen molar-refractivity contribution in [2.45, 2.75) is 0 Å². The second-order valence-electron chi connectivity index (χ2n) is 0.894. The normalized spacial score (nSPS) is 6.94. The van der Waals surface area contributed by atoms with Crippen molar-refractivity contribution in [3.05, 3.63) is 0 Å². The zero-order chi connectivity index (χ0) is 9.00. The molecular formula is H8O12P2Sr3. The van der Waals surface area contributed by atoms with Gasteiger partial charge in [0.15, 0.2) is 0 Å². The molecule has 0 saturated heterocycles. The van der Waals surface area contributed by atoms with E-state index >= 15 is 0 Å². The van der Waals surface area contributed by atoms with Gasteiger partial charge >= 0.3 is 136 Å². The van der Waals surface area contributed by atoms with Crippen LogP contribution < -0.4 is 29.4 Å². The molecule has 0 fully saturated rings. The molecule has 0 aromatic rings. The Bertz CT molecular complexity index is 132. The van der Waals surface area contributed by atoms with E-state index in [4.69, 9.17) is 38.5 Å². The summed E-state index contributed by atoms with van der Waals surface area (Å²) in [5, 5.41) is 0. The second-order valence-corrected chi connectivity index (χ2v) is 2.68. The third-order valence-electron chi connectivity index (χ3n) is 0.